The van der Waals surface area contributed by atoms with Crippen LogP contribution >= 0.6 is 11.8 Å². The highest BCUT2D eigenvalue weighted by atomic mass is 32.2. The molecule has 0 saturated carbocycles. The second kappa shape index (κ2) is 8.63. The van der Waals surface area contributed by atoms with E-state index in [4.69, 9.17) is 0 Å². The van der Waals surface area contributed by atoms with Gasteiger partial charge in [-0.3, -0.25) is 9.59 Å². The van der Waals surface area contributed by atoms with Crippen molar-refractivity contribution in [3.05, 3.63) is 0 Å². The molecule has 1 atom stereocenters. The zero-order valence-electron chi connectivity index (χ0n) is 12.9. The van der Waals surface area contributed by atoms with Crippen molar-refractivity contribution >= 4 is 23.6 Å². The maximum Gasteiger partial charge on any atom is 0.244 e. The van der Waals surface area contributed by atoms with Crippen LogP contribution < -0.4 is 10.6 Å². The number of thioether (sulfide) groups is 1. The second-order valence-corrected chi connectivity index (χ2v) is 7.22. The Hall–Kier alpha value is -0.750. The molecule has 2 aliphatic heterocycles. The summed E-state index contributed by atoms with van der Waals surface area (Å²) in [5.41, 5.74) is 0. The summed E-state index contributed by atoms with van der Waals surface area (Å²) in [5.74, 6) is 0.508. The molecule has 0 aromatic rings. The van der Waals surface area contributed by atoms with Crippen LogP contribution in [0.4, 0.5) is 0 Å². The summed E-state index contributed by atoms with van der Waals surface area (Å²) in [6.07, 6.45) is 5.62. The van der Waals surface area contributed by atoms with E-state index in [1.54, 1.807) is 18.7 Å². The first kappa shape index (κ1) is 16.6. The summed E-state index contributed by atoms with van der Waals surface area (Å²) in [4.78, 5) is 26.1. The Morgan fingerprint density at radius 1 is 1.24 bits per heavy atom. The molecular weight excluding hydrogens is 286 g/mol. The first-order valence-electron chi connectivity index (χ1n) is 8.07. The quantitative estimate of drug-likeness (QED) is 0.794. The number of nitrogens with one attached hydrogen (secondary N) is 2. The highest BCUT2D eigenvalue weighted by Gasteiger charge is 2.23. The van der Waals surface area contributed by atoms with Gasteiger partial charge in [0.1, 0.15) is 6.04 Å². The van der Waals surface area contributed by atoms with Gasteiger partial charge >= 0.3 is 0 Å². The number of rotatable bonds is 5. The minimum Gasteiger partial charge on any atom is -0.344 e. The van der Waals surface area contributed by atoms with Crippen molar-refractivity contribution < 1.29 is 9.59 Å². The summed E-state index contributed by atoms with van der Waals surface area (Å²) in [6, 6.07) is -0.399. The minimum absolute atomic E-state index is 0.0172. The van der Waals surface area contributed by atoms with Crippen molar-refractivity contribution in [2.45, 2.75) is 50.3 Å². The smallest absolute Gasteiger partial charge is 0.244 e. The average Bonchev–Trinajstić information content (AvgIpc) is 2.54. The first-order valence-corrected chi connectivity index (χ1v) is 9.12. The van der Waals surface area contributed by atoms with Crippen LogP contribution in [0.25, 0.3) is 0 Å². The number of piperidine rings is 2. The highest BCUT2D eigenvalue weighted by Crippen LogP contribution is 2.19. The number of likely N-dealkylation sites (tertiary alicyclic amines) is 1. The first-order chi connectivity index (χ1) is 10.2. The van der Waals surface area contributed by atoms with E-state index in [1.807, 2.05) is 4.90 Å². The number of amides is 2. The summed E-state index contributed by atoms with van der Waals surface area (Å²) < 4.78 is 0. The van der Waals surface area contributed by atoms with Crippen LogP contribution in [-0.4, -0.2) is 59.9 Å². The fraction of sp³-hybridized carbons (Fsp3) is 0.867. The van der Waals surface area contributed by atoms with Gasteiger partial charge < -0.3 is 15.5 Å². The number of carbonyl (C=O) groups is 2. The number of hydrogen-bond donors (Lipinski definition) is 2. The van der Waals surface area contributed by atoms with Crippen molar-refractivity contribution in [3.63, 3.8) is 0 Å². The zero-order chi connectivity index (χ0) is 15.1. The summed E-state index contributed by atoms with van der Waals surface area (Å²) in [7, 11) is 0. The predicted octanol–water partition coefficient (Wildman–Crippen LogP) is 0.989. The molecule has 0 bridgehead atoms. The van der Waals surface area contributed by atoms with E-state index >= 15 is 0 Å². The third-order valence-electron chi connectivity index (χ3n) is 4.15. The molecule has 2 N–H and O–H groups in total. The molecule has 0 aliphatic carbocycles. The van der Waals surface area contributed by atoms with Gasteiger partial charge in [0, 0.05) is 18.3 Å². The lowest BCUT2D eigenvalue weighted by Crippen LogP contribution is -2.49. The summed E-state index contributed by atoms with van der Waals surface area (Å²) in [6.45, 7) is 5.56. The standard InChI is InChI=1S/C15H27N3O2S/c1-12(15(20)18-9-3-2-4-10-18)17-14(19)11-21-13-5-7-16-8-6-13/h12-13,16H,2-11H2,1H3,(H,17,19). The van der Waals surface area contributed by atoms with Crippen LogP contribution in [0.3, 0.4) is 0 Å². The topological polar surface area (TPSA) is 61.4 Å². The number of hydrogen-bond acceptors (Lipinski definition) is 4. The lowest BCUT2D eigenvalue weighted by Gasteiger charge is -2.29. The van der Waals surface area contributed by atoms with Crippen molar-refractivity contribution in [1.29, 1.82) is 0 Å². The lowest BCUT2D eigenvalue weighted by atomic mass is 10.1. The molecule has 21 heavy (non-hydrogen) atoms. The molecule has 2 aliphatic rings. The monoisotopic (exact) mass is 313 g/mol. The van der Waals surface area contributed by atoms with E-state index in [0.29, 0.717) is 11.0 Å². The third-order valence-corrected chi connectivity index (χ3v) is 5.52. The van der Waals surface area contributed by atoms with Crippen molar-refractivity contribution in [3.8, 4) is 0 Å². The Kier molecular flexibility index (Phi) is 6.83. The largest absolute Gasteiger partial charge is 0.344 e. The zero-order valence-corrected chi connectivity index (χ0v) is 13.7. The second-order valence-electron chi connectivity index (χ2n) is 5.94. The number of nitrogens with zero attached hydrogens (tertiary/aromatic N) is 1. The van der Waals surface area contributed by atoms with Gasteiger partial charge in [-0.25, -0.2) is 0 Å². The minimum atomic E-state index is -0.399. The predicted molar refractivity (Wildman–Crippen MR) is 86.4 cm³/mol. The maximum atomic E-state index is 12.2. The van der Waals surface area contributed by atoms with Gasteiger partial charge in [-0.1, -0.05) is 0 Å². The summed E-state index contributed by atoms with van der Waals surface area (Å²) in [5, 5.41) is 6.75. The van der Waals surface area contributed by atoms with E-state index in [2.05, 4.69) is 10.6 Å². The summed E-state index contributed by atoms with van der Waals surface area (Å²) >= 11 is 1.72. The van der Waals surface area contributed by atoms with Crippen LogP contribution in [0.1, 0.15) is 39.0 Å². The molecule has 120 valence electrons. The van der Waals surface area contributed by atoms with Crippen LogP contribution in [0, 0.1) is 0 Å². The molecule has 6 heteroatoms. The highest BCUT2D eigenvalue weighted by molar-refractivity contribution is 8.00. The molecule has 5 nitrogen and oxygen atoms in total. The molecule has 2 amide bonds. The van der Waals surface area contributed by atoms with Gasteiger partial charge in [-0.05, 0) is 52.1 Å². The van der Waals surface area contributed by atoms with Crippen molar-refractivity contribution in [1.82, 2.24) is 15.5 Å². The van der Waals surface area contributed by atoms with Crippen LogP contribution in [0.15, 0.2) is 0 Å². The Morgan fingerprint density at radius 2 is 1.90 bits per heavy atom. The third kappa shape index (κ3) is 5.51. The molecule has 0 aromatic heterocycles. The molecule has 2 heterocycles. The molecule has 0 radical (unpaired) electrons. The fourth-order valence-electron chi connectivity index (χ4n) is 2.89. The average molecular weight is 313 g/mol. The molecule has 2 fully saturated rings. The van der Waals surface area contributed by atoms with Crippen LogP contribution in [0.2, 0.25) is 0 Å². The number of carbonyl (C=O) groups excluding carboxylic acids is 2. The molecule has 2 saturated heterocycles. The Bertz CT molecular complexity index is 353. The van der Waals surface area contributed by atoms with E-state index in [1.165, 1.54) is 6.42 Å². The Labute approximate surface area is 131 Å². The van der Waals surface area contributed by atoms with E-state index in [0.717, 1.165) is 51.9 Å². The SMILES string of the molecule is CC(NC(=O)CSC1CCNCC1)C(=O)N1CCCCC1. The molecular formula is C15H27N3O2S. The van der Waals surface area contributed by atoms with Gasteiger partial charge in [0.25, 0.3) is 0 Å². The lowest BCUT2D eigenvalue weighted by molar-refractivity contribution is -0.136. The van der Waals surface area contributed by atoms with Gasteiger partial charge in [-0.2, -0.15) is 0 Å². The maximum absolute atomic E-state index is 12.2. The van der Waals surface area contributed by atoms with E-state index in [-0.39, 0.29) is 11.8 Å². The van der Waals surface area contributed by atoms with Gasteiger partial charge in [-0.15, -0.1) is 11.8 Å². The van der Waals surface area contributed by atoms with E-state index in [9.17, 15) is 9.59 Å². The van der Waals surface area contributed by atoms with Gasteiger partial charge in [0.2, 0.25) is 11.8 Å². The van der Waals surface area contributed by atoms with Crippen molar-refractivity contribution in [2.24, 2.45) is 0 Å². The Balaban J connectivity index is 1.67. The fourth-order valence-corrected chi connectivity index (χ4v) is 3.93. The van der Waals surface area contributed by atoms with E-state index < -0.39 is 6.04 Å². The molecule has 0 aromatic carbocycles. The normalized spacial score (nSPS) is 21.9. The van der Waals surface area contributed by atoms with Crippen LogP contribution in [-0.2, 0) is 9.59 Å². The van der Waals surface area contributed by atoms with Gasteiger partial charge in [0.05, 0.1) is 5.75 Å². The Morgan fingerprint density at radius 3 is 2.57 bits per heavy atom. The van der Waals surface area contributed by atoms with Gasteiger partial charge in [0.15, 0.2) is 0 Å². The molecule has 2 rings (SSSR count). The molecule has 1 unspecified atom stereocenters. The molecule has 0 spiro atoms. The van der Waals surface area contributed by atoms with Crippen molar-refractivity contribution in [2.75, 3.05) is 31.9 Å². The van der Waals surface area contributed by atoms with Crippen LogP contribution in [0.5, 0.6) is 0 Å².